The molecule has 0 aromatic carbocycles. The molecule has 0 aromatic rings. The first-order chi connectivity index (χ1) is 6.84. The summed E-state index contributed by atoms with van der Waals surface area (Å²) < 4.78 is 8.33. The van der Waals surface area contributed by atoms with Crippen molar-refractivity contribution in [3.8, 4) is 0 Å². The van der Waals surface area contributed by atoms with Gasteiger partial charge in [0.15, 0.2) is 0 Å². The molecule has 0 radical (unpaired) electrons. The highest BCUT2D eigenvalue weighted by atomic mass is 35.5. The minimum atomic E-state index is -3.08. The molecule has 0 aliphatic carbocycles. The van der Waals surface area contributed by atoms with E-state index in [0.717, 1.165) is 0 Å². The second-order valence-electron chi connectivity index (χ2n) is 2.20. The van der Waals surface area contributed by atoms with Gasteiger partial charge in [-0.2, -0.15) is 0 Å². The lowest BCUT2D eigenvalue weighted by Crippen LogP contribution is -2.45. The quantitative estimate of drug-likeness (QED) is 0.173. The van der Waals surface area contributed by atoms with Gasteiger partial charge in [-0.05, 0) is 6.92 Å². The summed E-state index contributed by atoms with van der Waals surface area (Å²) in [6, 6.07) is 0. The zero-order chi connectivity index (χ0) is 12.1. The zero-order valence-corrected chi connectivity index (χ0v) is 8.30. The van der Waals surface area contributed by atoms with E-state index in [2.05, 4.69) is 9.47 Å². The van der Waals surface area contributed by atoms with Crippen molar-refractivity contribution in [2.75, 3.05) is 13.2 Å². The van der Waals surface area contributed by atoms with E-state index in [9.17, 15) is 25.0 Å². The van der Waals surface area contributed by atoms with E-state index >= 15 is 0 Å². The molecular weight excluding hydrogens is 236 g/mol. The fourth-order valence-electron chi connectivity index (χ4n) is 0.482. The lowest BCUT2D eigenvalue weighted by Gasteiger charge is -2.09. The van der Waals surface area contributed by atoms with E-state index in [1.165, 1.54) is 6.92 Å². The van der Waals surface area contributed by atoms with Crippen molar-refractivity contribution in [3.05, 3.63) is 20.2 Å². The highest BCUT2D eigenvalue weighted by molar-refractivity contribution is 6.21. The maximum absolute atomic E-state index is 10.6. The predicted molar refractivity (Wildman–Crippen MR) is 45.5 cm³/mol. The molecule has 0 fully saturated rings. The second-order valence-corrected chi connectivity index (χ2v) is 2.81. The Hall–Kier alpha value is -1.64. The van der Waals surface area contributed by atoms with E-state index in [-0.39, 0.29) is 6.61 Å². The van der Waals surface area contributed by atoms with E-state index < -0.39 is 27.7 Å². The number of nitro groups is 2. The molecule has 0 saturated heterocycles. The average Bonchev–Trinajstić information content (AvgIpc) is 2.14. The van der Waals surface area contributed by atoms with Gasteiger partial charge in [-0.15, -0.1) is 0 Å². The highest BCUT2D eigenvalue weighted by Gasteiger charge is 2.56. The summed E-state index contributed by atoms with van der Waals surface area (Å²) in [5.41, 5.74) is 0. The summed E-state index contributed by atoms with van der Waals surface area (Å²) in [7, 11) is 0. The predicted octanol–water partition coefficient (Wildman–Crippen LogP) is 0.606. The van der Waals surface area contributed by atoms with Gasteiger partial charge in [-0.25, -0.2) is 4.79 Å². The van der Waals surface area contributed by atoms with Crippen molar-refractivity contribution < 1.29 is 24.1 Å². The molecule has 15 heavy (non-hydrogen) atoms. The molecule has 0 unspecified atom stereocenters. The Morgan fingerprint density at radius 1 is 1.33 bits per heavy atom. The molecule has 86 valence electrons. The molecule has 0 N–H and O–H groups in total. The number of ether oxygens (including phenoxy) is 2. The molecule has 0 spiro atoms. The molecular formula is C5H7ClN2O7. The van der Waals surface area contributed by atoms with Crippen LogP contribution in [0.1, 0.15) is 6.92 Å². The summed E-state index contributed by atoms with van der Waals surface area (Å²) >= 11 is 5.02. The fourth-order valence-corrected chi connectivity index (χ4v) is 0.537. The van der Waals surface area contributed by atoms with Gasteiger partial charge in [0.2, 0.25) is 0 Å². The summed E-state index contributed by atoms with van der Waals surface area (Å²) in [4.78, 5) is 28.3. The second kappa shape index (κ2) is 5.29. The van der Waals surface area contributed by atoms with Crippen molar-refractivity contribution in [2.45, 2.75) is 12.0 Å². The Labute approximate surface area is 88.2 Å². The van der Waals surface area contributed by atoms with Gasteiger partial charge in [0.1, 0.15) is 9.85 Å². The number of nitrogens with zero attached hydrogens (tertiary/aromatic N) is 2. The first-order valence-corrected chi connectivity index (χ1v) is 3.99. The van der Waals surface area contributed by atoms with E-state index in [1.54, 1.807) is 0 Å². The molecule has 0 heterocycles. The first kappa shape index (κ1) is 13.4. The molecule has 0 bridgehead atoms. The molecule has 0 saturated carbocycles. The number of halogens is 1. The van der Waals surface area contributed by atoms with Gasteiger partial charge in [0.25, 0.3) is 6.61 Å². The lowest BCUT2D eigenvalue weighted by molar-refractivity contribution is -0.767. The molecule has 0 amide bonds. The minimum Gasteiger partial charge on any atom is -0.435 e. The van der Waals surface area contributed by atoms with Crippen LogP contribution in [0.3, 0.4) is 0 Å². The maximum Gasteiger partial charge on any atom is 0.570 e. The van der Waals surface area contributed by atoms with Crippen LogP contribution in [0, 0.1) is 20.2 Å². The van der Waals surface area contributed by atoms with Crippen LogP contribution in [0.2, 0.25) is 0 Å². The van der Waals surface area contributed by atoms with Gasteiger partial charge >= 0.3 is 11.3 Å². The first-order valence-electron chi connectivity index (χ1n) is 3.62. The Bertz CT molecular complexity index is 267. The standard InChI is InChI=1S/C5H7ClN2O7/c1-2-14-4(9)15-3-5(6,7(10)11)8(12)13/h2-3H2,1H3. The van der Waals surface area contributed by atoms with Crippen LogP contribution in [0.5, 0.6) is 0 Å². The molecule has 0 rings (SSSR count). The maximum atomic E-state index is 10.6. The van der Waals surface area contributed by atoms with Crippen molar-refractivity contribution in [1.29, 1.82) is 0 Å². The summed E-state index contributed by atoms with van der Waals surface area (Å²) in [5, 5.41) is 17.4. The van der Waals surface area contributed by atoms with Crippen molar-refractivity contribution in [3.63, 3.8) is 0 Å². The van der Waals surface area contributed by atoms with E-state index in [0.29, 0.717) is 0 Å². The molecule has 0 aliphatic rings. The summed E-state index contributed by atoms with van der Waals surface area (Å²) in [6.45, 7) is 0.231. The van der Waals surface area contributed by atoms with Crippen LogP contribution in [0.4, 0.5) is 4.79 Å². The third-order valence-electron chi connectivity index (χ3n) is 1.20. The number of rotatable bonds is 5. The third-order valence-corrected chi connectivity index (χ3v) is 1.58. The molecule has 0 aromatic heterocycles. The van der Waals surface area contributed by atoms with Crippen molar-refractivity contribution in [1.82, 2.24) is 0 Å². The number of alkyl halides is 1. The van der Waals surface area contributed by atoms with Crippen LogP contribution >= 0.6 is 11.6 Å². The van der Waals surface area contributed by atoms with Gasteiger partial charge < -0.3 is 9.47 Å². The topological polar surface area (TPSA) is 122 Å². The van der Waals surface area contributed by atoms with Gasteiger partial charge in [0.05, 0.1) is 18.2 Å². The van der Waals surface area contributed by atoms with E-state index in [1.807, 2.05) is 0 Å². The van der Waals surface area contributed by atoms with Gasteiger partial charge in [-0.3, -0.25) is 20.2 Å². The lowest BCUT2D eigenvalue weighted by atomic mass is 10.5. The van der Waals surface area contributed by atoms with Crippen LogP contribution < -0.4 is 0 Å². The molecule has 0 atom stereocenters. The van der Waals surface area contributed by atoms with Gasteiger partial charge in [0, 0.05) is 0 Å². The summed E-state index contributed by atoms with van der Waals surface area (Å²) in [5.74, 6) is 0. The smallest absolute Gasteiger partial charge is 0.435 e. The fraction of sp³-hybridized carbons (Fsp3) is 0.800. The highest BCUT2D eigenvalue weighted by Crippen LogP contribution is 2.17. The summed E-state index contributed by atoms with van der Waals surface area (Å²) in [6.07, 6.45) is -1.26. The van der Waals surface area contributed by atoms with E-state index in [4.69, 9.17) is 11.6 Å². The Morgan fingerprint density at radius 3 is 2.13 bits per heavy atom. The van der Waals surface area contributed by atoms with Gasteiger partial charge in [-0.1, -0.05) is 0 Å². The number of hydrogen-bond donors (Lipinski definition) is 0. The Morgan fingerprint density at radius 2 is 1.80 bits per heavy atom. The average molecular weight is 243 g/mol. The molecule has 10 heteroatoms. The minimum absolute atomic E-state index is 0.0228. The monoisotopic (exact) mass is 242 g/mol. The largest absolute Gasteiger partial charge is 0.570 e. The Kier molecular flexibility index (Phi) is 4.71. The molecule has 9 nitrogen and oxygen atoms in total. The van der Waals surface area contributed by atoms with Crippen LogP contribution in [-0.2, 0) is 9.47 Å². The number of carbonyl (C=O) groups excluding carboxylic acids is 1. The number of hydrogen-bond acceptors (Lipinski definition) is 7. The third kappa shape index (κ3) is 3.54. The number of carbonyl (C=O) groups is 1. The zero-order valence-electron chi connectivity index (χ0n) is 7.54. The normalized spacial score (nSPS) is 10.5. The van der Waals surface area contributed by atoms with Crippen LogP contribution in [0.25, 0.3) is 0 Å². The Balaban J connectivity index is 4.39. The van der Waals surface area contributed by atoms with Crippen LogP contribution in [-0.4, -0.2) is 34.3 Å². The SMILES string of the molecule is CCOC(=O)OCC(Cl)([N+](=O)[O-])[N+](=O)[O-]. The molecule has 0 aliphatic heterocycles. The van der Waals surface area contributed by atoms with Crippen LogP contribution in [0.15, 0.2) is 0 Å². The van der Waals surface area contributed by atoms with Crippen molar-refractivity contribution in [2.24, 2.45) is 0 Å². The van der Waals surface area contributed by atoms with Crippen molar-refractivity contribution >= 4 is 17.8 Å².